The highest BCUT2D eigenvalue weighted by Crippen LogP contribution is 2.38. The van der Waals surface area contributed by atoms with Crippen LogP contribution in [-0.4, -0.2) is 17.2 Å². The Morgan fingerprint density at radius 3 is 2.57 bits per heavy atom. The summed E-state index contributed by atoms with van der Waals surface area (Å²) in [6.45, 7) is 0. The number of methoxy groups -OCH3 is 1. The first kappa shape index (κ1) is 15.2. The number of alkyl halides is 3. The third-order valence-electron chi connectivity index (χ3n) is 2.89. The van der Waals surface area contributed by atoms with Gasteiger partial charge >= 0.3 is 6.18 Å². The van der Waals surface area contributed by atoms with Gasteiger partial charge in [-0.25, -0.2) is 4.39 Å². The lowest BCUT2D eigenvalue weighted by atomic mass is 9.98. The first-order chi connectivity index (χ1) is 9.84. The molecule has 0 spiro atoms. The van der Waals surface area contributed by atoms with E-state index < -0.39 is 29.2 Å². The lowest BCUT2D eigenvalue weighted by Crippen LogP contribution is -2.14. The number of aromatic nitrogens is 1. The van der Waals surface area contributed by atoms with E-state index in [0.29, 0.717) is 18.2 Å². The van der Waals surface area contributed by atoms with Crippen LogP contribution in [0.2, 0.25) is 0 Å². The summed E-state index contributed by atoms with van der Waals surface area (Å²) < 4.78 is 57.1. The van der Waals surface area contributed by atoms with Crippen molar-refractivity contribution in [3.63, 3.8) is 0 Å². The molecule has 0 bridgehead atoms. The first-order valence-corrected chi connectivity index (χ1v) is 5.88. The highest BCUT2D eigenvalue weighted by atomic mass is 19.4. The molecule has 0 aliphatic heterocycles. The molecular weight excluding hydrogens is 290 g/mol. The van der Waals surface area contributed by atoms with Crippen LogP contribution in [0, 0.1) is 5.82 Å². The summed E-state index contributed by atoms with van der Waals surface area (Å²) in [7, 11) is 1.30. The first-order valence-electron chi connectivity index (χ1n) is 5.88. The molecule has 0 saturated heterocycles. The molecule has 1 unspecified atom stereocenters. The average molecular weight is 301 g/mol. The number of benzene rings is 1. The summed E-state index contributed by atoms with van der Waals surface area (Å²) >= 11 is 0. The Morgan fingerprint density at radius 2 is 1.95 bits per heavy atom. The van der Waals surface area contributed by atoms with Gasteiger partial charge < -0.3 is 9.84 Å². The molecule has 2 aromatic rings. The number of aliphatic hydroxyl groups is 1. The molecule has 1 atom stereocenters. The molecule has 1 N–H and O–H groups in total. The Hall–Kier alpha value is -2.15. The van der Waals surface area contributed by atoms with Crippen LogP contribution in [0.5, 0.6) is 5.75 Å². The van der Waals surface area contributed by atoms with Crippen molar-refractivity contribution in [2.24, 2.45) is 0 Å². The molecule has 0 aliphatic rings. The van der Waals surface area contributed by atoms with Gasteiger partial charge in [-0.3, -0.25) is 4.98 Å². The standard InChI is InChI=1S/C14H11F4NO2/c1-21-11-3-2-6-19-12(11)13(20)9-7-8(15)4-5-10(9)14(16,17)18/h2-7,13,20H,1H3. The second-order valence-corrected chi connectivity index (χ2v) is 4.22. The van der Waals surface area contributed by atoms with Gasteiger partial charge in [0, 0.05) is 11.8 Å². The molecule has 0 saturated carbocycles. The Morgan fingerprint density at radius 1 is 1.24 bits per heavy atom. The number of pyridine rings is 1. The second kappa shape index (κ2) is 5.69. The van der Waals surface area contributed by atoms with Crippen molar-refractivity contribution in [3.05, 3.63) is 59.2 Å². The summed E-state index contributed by atoms with van der Waals surface area (Å²) in [5.74, 6) is -0.769. The summed E-state index contributed by atoms with van der Waals surface area (Å²) in [5, 5.41) is 10.2. The Bertz CT molecular complexity index is 643. The Labute approximate surface area is 117 Å². The molecular formula is C14H11F4NO2. The molecule has 21 heavy (non-hydrogen) atoms. The number of hydrogen-bond acceptors (Lipinski definition) is 3. The average Bonchev–Trinajstić information content (AvgIpc) is 2.45. The molecule has 0 amide bonds. The lowest BCUT2D eigenvalue weighted by molar-refractivity contribution is -0.139. The van der Waals surface area contributed by atoms with E-state index in [0.717, 1.165) is 0 Å². The number of hydrogen-bond donors (Lipinski definition) is 1. The fourth-order valence-corrected chi connectivity index (χ4v) is 1.95. The third kappa shape index (κ3) is 3.13. The molecule has 0 fully saturated rings. The predicted octanol–water partition coefficient (Wildman–Crippen LogP) is 3.33. The second-order valence-electron chi connectivity index (χ2n) is 4.22. The van der Waals surface area contributed by atoms with Crippen LogP contribution >= 0.6 is 0 Å². The van der Waals surface area contributed by atoms with Crippen LogP contribution in [-0.2, 0) is 6.18 Å². The summed E-state index contributed by atoms with van der Waals surface area (Å²) in [4.78, 5) is 3.81. The number of ether oxygens (including phenoxy) is 1. The van der Waals surface area contributed by atoms with Gasteiger partial charge in [0.15, 0.2) is 0 Å². The van der Waals surface area contributed by atoms with Gasteiger partial charge in [0.25, 0.3) is 0 Å². The minimum absolute atomic E-state index is 0.113. The van der Waals surface area contributed by atoms with Crippen LogP contribution in [0.1, 0.15) is 22.9 Å². The number of nitrogens with zero attached hydrogens (tertiary/aromatic N) is 1. The zero-order chi connectivity index (χ0) is 15.6. The number of rotatable bonds is 3. The van der Waals surface area contributed by atoms with Crippen molar-refractivity contribution in [1.29, 1.82) is 0 Å². The Kier molecular flexibility index (Phi) is 4.13. The Balaban J connectivity index is 2.57. The van der Waals surface area contributed by atoms with Crippen LogP contribution in [0.25, 0.3) is 0 Å². The van der Waals surface area contributed by atoms with Crippen molar-refractivity contribution >= 4 is 0 Å². The van der Waals surface area contributed by atoms with Crippen molar-refractivity contribution in [2.75, 3.05) is 7.11 Å². The van der Waals surface area contributed by atoms with Crippen LogP contribution in [0.3, 0.4) is 0 Å². The van der Waals surface area contributed by atoms with Gasteiger partial charge in [0.1, 0.15) is 23.4 Å². The summed E-state index contributed by atoms with van der Waals surface area (Å²) in [6, 6.07) is 4.86. The van der Waals surface area contributed by atoms with Gasteiger partial charge in [0.2, 0.25) is 0 Å². The molecule has 1 aromatic carbocycles. The normalized spacial score (nSPS) is 13.0. The maximum absolute atomic E-state index is 13.3. The van der Waals surface area contributed by atoms with Gasteiger partial charge in [-0.05, 0) is 30.3 Å². The summed E-state index contributed by atoms with van der Waals surface area (Å²) in [6.07, 6.45) is -5.17. The topological polar surface area (TPSA) is 42.4 Å². The number of halogens is 4. The van der Waals surface area contributed by atoms with E-state index in [4.69, 9.17) is 4.74 Å². The van der Waals surface area contributed by atoms with Crippen LogP contribution in [0.15, 0.2) is 36.5 Å². The molecule has 1 aromatic heterocycles. The predicted molar refractivity (Wildman–Crippen MR) is 66.3 cm³/mol. The highest BCUT2D eigenvalue weighted by Gasteiger charge is 2.36. The third-order valence-corrected chi connectivity index (χ3v) is 2.89. The van der Waals surface area contributed by atoms with Gasteiger partial charge in [-0.1, -0.05) is 0 Å². The van der Waals surface area contributed by atoms with Crippen molar-refractivity contribution in [1.82, 2.24) is 4.98 Å². The molecule has 0 aliphatic carbocycles. The zero-order valence-electron chi connectivity index (χ0n) is 10.9. The molecule has 7 heteroatoms. The van der Waals surface area contributed by atoms with Crippen LogP contribution in [0.4, 0.5) is 17.6 Å². The largest absolute Gasteiger partial charge is 0.495 e. The fraction of sp³-hybridized carbons (Fsp3) is 0.214. The molecule has 3 nitrogen and oxygen atoms in total. The maximum Gasteiger partial charge on any atom is 0.416 e. The van der Waals surface area contributed by atoms with E-state index in [1.165, 1.54) is 25.4 Å². The monoisotopic (exact) mass is 301 g/mol. The van der Waals surface area contributed by atoms with Crippen LogP contribution < -0.4 is 4.74 Å². The minimum atomic E-state index is -4.72. The number of aliphatic hydroxyl groups excluding tert-OH is 1. The fourth-order valence-electron chi connectivity index (χ4n) is 1.95. The minimum Gasteiger partial charge on any atom is -0.495 e. The van der Waals surface area contributed by atoms with Crippen molar-refractivity contribution < 1.29 is 27.4 Å². The van der Waals surface area contributed by atoms with Crippen molar-refractivity contribution in [3.8, 4) is 5.75 Å². The van der Waals surface area contributed by atoms with E-state index in [2.05, 4.69) is 4.98 Å². The van der Waals surface area contributed by atoms with E-state index in [1.54, 1.807) is 0 Å². The molecule has 0 radical (unpaired) electrons. The molecule has 2 rings (SSSR count). The lowest BCUT2D eigenvalue weighted by Gasteiger charge is -2.18. The van der Waals surface area contributed by atoms with E-state index >= 15 is 0 Å². The SMILES string of the molecule is COc1cccnc1C(O)c1cc(F)ccc1C(F)(F)F. The van der Waals surface area contributed by atoms with E-state index in [9.17, 15) is 22.7 Å². The van der Waals surface area contributed by atoms with E-state index in [1.807, 2.05) is 0 Å². The zero-order valence-corrected chi connectivity index (χ0v) is 10.9. The quantitative estimate of drug-likeness (QED) is 0.884. The molecule has 112 valence electrons. The van der Waals surface area contributed by atoms with Gasteiger partial charge in [-0.2, -0.15) is 13.2 Å². The smallest absolute Gasteiger partial charge is 0.416 e. The van der Waals surface area contributed by atoms with Gasteiger partial charge in [-0.15, -0.1) is 0 Å². The summed E-state index contributed by atoms with van der Waals surface area (Å²) in [5.41, 5.74) is -1.85. The van der Waals surface area contributed by atoms with Crippen molar-refractivity contribution in [2.45, 2.75) is 12.3 Å². The highest BCUT2D eigenvalue weighted by molar-refractivity contribution is 5.40. The molecule has 1 heterocycles. The van der Waals surface area contributed by atoms with E-state index in [-0.39, 0.29) is 11.4 Å². The van der Waals surface area contributed by atoms with Gasteiger partial charge in [0.05, 0.1) is 12.7 Å². The maximum atomic E-state index is 13.3.